The zero-order valence-electron chi connectivity index (χ0n) is 14.0. The van der Waals surface area contributed by atoms with Crippen molar-refractivity contribution >= 4 is 17.5 Å². The van der Waals surface area contributed by atoms with Crippen LogP contribution in [0.5, 0.6) is 11.5 Å². The van der Waals surface area contributed by atoms with Crippen LogP contribution in [-0.4, -0.2) is 41.4 Å². The monoisotopic (exact) mass is 373 g/mol. The van der Waals surface area contributed by atoms with Crippen molar-refractivity contribution in [2.24, 2.45) is 0 Å². The lowest BCUT2D eigenvalue weighted by atomic mass is 10.1. The molecule has 1 aromatic carbocycles. The number of rotatable bonds is 7. The zero-order valence-corrected chi connectivity index (χ0v) is 14.8. The number of methoxy groups -OCH3 is 1. The number of hydrogen-bond acceptors (Lipinski definition) is 4. The van der Waals surface area contributed by atoms with Crippen molar-refractivity contribution in [2.75, 3.05) is 14.2 Å². The predicted octanol–water partition coefficient (Wildman–Crippen LogP) is 3.44. The van der Waals surface area contributed by atoms with E-state index in [9.17, 15) is 13.6 Å². The molecule has 1 aromatic heterocycles. The molecule has 0 aliphatic heterocycles. The molecule has 0 unspecified atom stereocenters. The number of carbonyl (C=O) groups is 1. The lowest BCUT2D eigenvalue weighted by molar-refractivity contribution is -0.0512. The van der Waals surface area contributed by atoms with E-state index in [1.54, 1.807) is 17.9 Å². The second-order valence-electron chi connectivity index (χ2n) is 5.18. The van der Waals surface area contributed by atoms with E-state index in [1.165, 1.54) is 30.2 Å². The van der Waals surface area contributed by atoms with Crippen LogP contribution in [-0.2, 0) is 13.1 Å². The molecule has 0 atom stereocenters. The van der Waals surface area contributed by atoms with Crippen molar-refractivity contribution in [1.82, 2.24) is 14.7 Å². The van der Waals surface area contributed by atoms with Crippen LogP contribution in [0.4, 0.5) is 8.78 Å². The van der Waals surface area contributed by atoms with Gasteiger partial charge in [0.05, 0.1) is 18.7 Å². The molecule has 136 valence electrons. The van der Waals surface area contributed by atoms with Crippen LogP contribution in [0.15, 0.2) is 24.4 Å². The molecule has 0 spiro atoms. The van der Waals surface area contributed by atoms with Crippen molar-refractivity contribution in [2.45, 2.75) is 26.6 Å². The fraction of sp³-hybridized carbons (Fsp3) is 0.375. The van der Waals surface area contributed by atoms with E-state index >= 15 is 0 Å². The Morgan fingerprint density at radius 1 is 1.40 bits per heavy atom. The summed E-state index contributed by atoms with van der Waals surface area (Å²) in [6, 6.07) is 4.01. The molecular weight excluding hydrogens is 356 g/mol. The third-order valence-corrected chi connectivity index (χ3v) is 3.79. The van der Waals surface area contributed by atoms with Crippen LogP contribution >= 0.6 is 11.6 Å². The normalized spacial score (nSPS) is 10.8. The highest BCUT2D eigenvalue weighted by atomic mass is 35.5. The molecule has 2 aromatic rings. The second-order valence-corrected chi connectivity index (χ2v) is 5.59. The summed E-state index contributed by atoms with van der Waals surface area (Å²) in [5, 5.41) is 4.76. The average Bonchev–Trinajstić information content (AvgIpc) is 2.94. The maximum absolute atomic E-state index is 12.5. The van der Waals surface area contributed by atoms with Crippen LogP contribution in [0.3, 0.4) is 0 Å². The Balaban J connectivity index is 2.17. The summed E-state index contributed by atoms with van der Waals surface area (Å²) >= 11 is 6.11. The van der Waals surface area contributed by atoms with E-state index in [0.717, 1.165) is 0 Å². The van der Waals surface area contributed by atoms with Gasteiger partial charge in [0, 0.05) is 25.4 Å². The smallest absolute Gasteiger partial charge is 0.387 e. The molecular formula is C16H18ClF2N3O3. The van der Waals surface area contributed by atoms with Gasteiger partial charge in [-0.15, -0.1) is 0 Å². The van der Waals surface area contributed by atoms with Gasteiger partial charge < -0.3 is 14.4 Å². The summed E-state index contributed by atoms with van der Waals surface area (Å²) in [7, 11) is 2.91. The van der Waals surface area contributed by atoms with Gasteiger partial charge in [-0.05, 0) is 25.1 Å². The van der Waals surface area contributed by atoms with Crippen LogP contribution in [0.2, 0.25) is 5.02 Å². The quantitative estimate of drug-likeness (QED) is 0.746. The van der Waals surface area contributed by atoms with E-state index in [4.69, 9.17) is 16.3 Å². The summed E-state index contributed by atoms with van der Waals surface area (Å²) < 4.78 is 35.7. The minimum absolute atomic E-state index is 0.0489. The van der Waals surface area contributed by atoms with Crippen molar-refractivity contribution < 1.29 is 23.0 Å². The maximum atomic E-state index is 12.5. The Kier molecular flexibility index (Phi) is 6.19. The van der Waals surface area contributed by atoms with Crippen LogP contribution < -0.4 is 9.47 Å². The van der Waals surface area contributed by atoms with E-state index in [0.29, 0.717) is 17.3 Å². The minimum Gasteiger partial charge on any atom is -0.493 e. The molecule has 1 amide bonds. The third-order valence-electron chi connectivity index (χ3n) is 3.47. The van der Waals surface area contributed by atoms with Crippen LogP contribution in [0.1, 0.15) is 23.0 Å². The van der Waals surface area contributed by atoms with Gasteiger partial charge >= 0.3 is 6.61 Å². The lowest BCUT2D eigenvalue weighted by Gasteiger charge is -2.17. The minimum atomic E-state index is -2.98. The number of amides is 1. The fourth-order valence-electron chi connectivity index (χ4n) is 2.22. The number of carbonyl (C=O) groups excluding carboxylic acids is 1. The Morgan fingerprint density at radius 2 is 2.12 bits per heavy atom. The highest BCUT2D eigenvalue weighted by molar-refractivity contribution is 6.31. The van der Waals surface area contributed by atoms with Gasteiger partial charge in [-0.25, -0.2) is 0 Å². The Labute approximate surface area is 148 Å². The molecule has 0 N–H and O–H groups in total. The summed E-state index contributed by atoms with van der Waals surface area (Å²) in [6.07, 6.45) is 1.69. The summed E-state index contributed by atoms with van der Waals surface area (Å²) in [6.45, 7) is -0.173. The molecule has 9 heteroatoms. The molecule has 6 nitrogen and oxygen atoms in total. The van der Waals surface area contributed by atoms with Gasteiger partial charge in [-0.2, -0.15) is 13.9 Å². The number of halogens is 3. The summed E-state index contributed by atoms with van der Waals surface area (Å²) in [4.78, 5) is 14.0. The standard InChI is InChI=1S/C16H18ClF2N3O3/c1-4-22-8-11(17)12(20-22)9-21(2)15(23)10-5-6-13(25-16(18)19)14(7-10)24-3/h5-8,16H,4,9H2,1-3H3. The Morgan fingerprint density at radius 3 is 2.68 bits per heavy atom. The number of hydrogen-bond donors (Lipinski definition) is 0. The second kappa shape index (κ2) is 8.15. The number of benzene rings is 1. The number of nitrogens with zero attached hydrogens (tertiary/aromatic N) is 3. The molecule has 0 saturated heterocycles. The SMILES string of the molecule is CCn1cc(Cl)c(CN(C)C(=O)c2ccc(OC(F)F)c(OC)c2)n1. The van der Waals surface area contributed by atoms with E-state index in [1.807, 2.05) is 6.92 Å². The van der Waals surface area contributed by atoms with Gasteiger partial charge in [0.1, 0.15) is 5.69 Å². The third kappa shape index (κ3) is 4.60. The highest BCUT2D eigenvalue weighted by Crippen LogP contribution is 2.30. The first-order valence-electron chi connectivity index (χ1n) is 7.45. The lowest BCUT2D eigenvalue weighted by Crippen LogP contribution is -2.26. The molecule has 0 fully saturated rings. The van der Waals surface area contributed by atoms with Crippen LogP contribution in [0.25, 0.3) is 0 Å². The first-order valence-corrected chi connectivity index (χ1v) is 7.83. The number of alkyl halides is 2. The van der Waals surface area contributed by atoms with Crippen molar-refractivity contribution in [3.05, 3.63) is 40.7 Å². The topological polar surface area (TPSA) is 56.6 Å². The van der Waals surface area contributed by atoms with E-state index in [2.05, 4.69) is 9.84 Å². The predicted molar refractivity (Wildman–Crippen MR) is 88.3 cm³/mol. The molecule has 1 heterocycles. The zero-order chi connectivity index (χ0) is 18.6. The van der Waals surface area contributed by atoms with Gasteiger partial charge in [-0.3, -0.25) is 9.48 Å². The van der Waals surface area contributed by atoms with E-state index < -0.39 is 6.61 Å². The molecule has 0 bridgehead atoms. The van der Waals surface area contributed by atoms with Gasteiger partial charge in [0.15, 0.2) is 11.5 Å². The molecule has 0 aliphatic rings. The summed E-state index contributed by atoms with van der Waals surface area (Å²) in [5.41, 5.74) is 0.844. The fourth-order valence-corrected chi connectivity index (χ4v) is 2.43. The first-order chi connectivity index (χ1) is 11.8. The molecule has 25 heavy (non-hydrogen) atoms. The van der Waals surface area contributed by atoms with Crippen LogP contribution in [0, 0.1) is 0 Å². The molecule has 2 rings (SSSR count). The largest absolute Gasteiger partial charge is 0.493 e. The number of ether oxygens (including phenoxy) is 2. The van der Waals surface area contributed by atoms with Gasteiger partial charge in [-0.1, -0.05) is 11.6 Å². The maximum Gasteiger partial charge on any atom is 0.387 e. The first kappa shape index (κ1) is 19.0. The van der Waals surface area contributed by atoms with Crippen molar-refractivity contribution in [3.63, 3.8) is 0 Å². The molecule has 0 aliphatic carbocycles. The molecule has 0 radical (unpaired) electrons. The van der Waals surface area contributed by atoms with E-state index in [-0.39, 0.29) is 29.5 Å². The summed E-state index contributed by atoms with van der Waals surface area (Å²) in [5.74, 6) is -0.418. The number of aryl methyl sites for hydroxylation is 1. The Hall–Kier alpha value is -2.35. The Bertz CT molecular complexity index is 752. The van der Waals surface area contributed by atoms with Crippen molar-refractivity contribution in [1.29, 1.82) is 0 Å². The molecule has 0 saturated carbocycles. The van der Waals surface area contributed by atoms with Gasteiger partial charge in [0.25, 0.3) is 5.91 Å². The average molecular weight is 374 g/mol. The van der Waals surface area contributed by atoms with Crippen molar-refractivity contribution in [3.8, 4) is 11.5 Å². The highest BCUT2D eigenvalue weighted by Gasteiger charge is 2.18. The number of aromatic nitrogens is 2. The van der Waals surface area contributed by atoms with Gasteiger partial charge in [0.2, 0.25) is 0 Å².